The average molecular weight is 342 g/mol. The summed E-state index contributed by atoms with van der Waals surface area (Å²) in [6.07, 6.45) is 8.64. The molecule has 0 aromatic carbocycles. The molecule has 0 radical (unpaired) electrons. The molecule has 2 saturated carbocycles. The number of fused-ring (bicyclic) bond motifs is 2. The Morgan fingerprint density at radius 1 is 1.32 bits per heavy atom. The van der Waals surface area contributed by atoms with Crippen LogP contribution in [0.4, 0.5) is 5.95 Å². The monoisotopic (exact) mass is 342 g/mol. The second-order valence-corrected chi connectivity index (χ2v) is 8.38. The molecule has 1 aromatic rings. The fraction of sp³-hybridized carbons (Fsp3) is 0.737. The number of carbonyl (C=O) groups is 1. The van der Waals surface area contributed by atoms with Crippen LogP contribution in [0.15, 0.2) is 6.20 Å². The first-order chi connectivity index (χ1) is 12.2. The van der Waals surface area contributed by atoms with Crippen molar-refractivity contribution < 1.29 is 9.53 Å². The van der Waals surface area contributed by atoms with Crippen LogP contribution in [0.5, 0.6) is 0 Å². The molecule has 1 aromatic heterocycles. The maximum absolute atomic E-state index is 12.5. The second kappa shape index (κ2) is 5.94. The first-order valence-electron chi connectivity index (χ1n) is 9.68. The quantitative estimate of drug-likeness (QED) is 0.887. The van der Waals surface area contributed by atoms with Crippen molar-refractivity contribution in [1.82, 2.24) is 14.9 Å². The summed E-state index contributed by atoms with van der Waals surface area (Å²) < 4.78 is 5.86. The molecule has 3 heterocycles. The lowest BCUT2D eigenvalue weighted by Gasteiger charge is -2.34. The first-order valence-corrected chi connectivity index (χ1v) is 9.68. The number of hydrogen-bond acceptors (Lipinski definition) is 5. The first kappa shape index (κ1) is 15.6. The van der Waals surface area contributed by atoms with Crippen molar-refractivity contribution in [1.29, 1.82) is 0 Å². The van der Waals surface area contributed by atoms with E-state index in [1.54, 1.807) is 0 Å². The zero-order valence-corrected chi connectivity index (χ0v) is 14.7. The van der Waals surface area contributed by atoms with Gasteiger partial charge in [-0.2, -0.15) is 0 Å². The van der Waals surface area contributed by atoms with E-state index in [9.17, 15) is 4.79 Å². The Balaban J connectivity index is 1.35. The van der Waals surface area contributed by atoms with Crippen LogP contribution in [0, 0.1) is 11.8 Å². The van der Waals surface area contributed by atoms with Gasteiger partial charge in [0.1, 0.15) is 0 Å². The van der Waals surface area contributed by atoms with Crippen molar-refractivity contribution in [2.45, 2.75) is 50.5 Å². The summed E-state index contributed by atoms with van der Waals surface area (Å²) >= 11 is 0. The Morgan fingerprint density at radius 2 is 2.16 bits per heavy atom. The van der Waals surface area contributed by atoms with Gasteiger partial charge < -0.3 is 15.0 Å². The molecule has 2 aliphatic heterocycles. The number of anilines is 1. The molecule has 4 aliphatic rings. The third-order valence-electron chi connectivity index (χ3n) is 6.12. The predicted octanol–water partition coefficient (Wildman–Crippen LogP) is 2.10. The van der Waals surface area contributed by atoms with Gasteiger partial charge in [-0.15, -0.1) is 0 Å². The number of likely N-dealkylation sites (tertiary alicyclic amines) is 1. The van der Waals surface area contributed by atoms with Gasteiger partial charge in [0.2, 0.25) is 11.9 Å². The molecule has 2 aliphatic carbocycles. The molecule has 1 spiro atoms. The fourth-order valence-corrected chi connectivity index (χ4v) is 4.13. The van der Waals surface area contributed by atoms with Crippen LogP contribution in [-0.2, 0) is 21.6 Å². The van der Waals surface area contributed by atoms with E-state index in [2.05, 4.69) is 10.3 Å². The van der Waals surface area contributed by atoms with E-state index in [1.807, 2.05) is 11.1 Å². The lowest BCUT2D eigenvalue weighted by atomic mass is 9.80. The fourth-order valence-electron chi connectivity index (χ4n) is 4.13. The van der Waals surface area contributed by atoms with Crippen LogP contribution < -0.4 is 5.32 Å². The van der Waals surface area contributed by atoms with E-state index in [4.69, 9.17) is 9.72 Å². The van der Waals surface area contributed by atoms with E-state index >= 15 is 0 Å². The van der Waals surface area contributed by atoms with E-state index in [1.165, 1.54) is 25.7 Å². The minimum atomic E-state index is -0.147. The van der Waals surface area contributed by atoms with Gasteiger partial charge in [0, 0.05) is 37.8 Å². The summed E-state index contributed by atoms with van der Waals surface area (Å²) in [4.78, 5) is 23.9. The van der Waals surface area contributed by atoms with Gasteiger partial charge in [-0.25, -0.2) is 9.97 Å². The van der Waals surface area contributed by atoms with Gasteiger partial charge in [-0.3, -0.25) is 4.79 Å². The Hall–Kier alpha value is -1.69. The number of nitrogens with zero attached hydrogens (tertiary/aromatic N) is 3. The van der Waals surface area contributed by atoms with Gasteiger partial charge in [0.25, 0.3) is 0 Å². The Morgan fingerprint density at radius 3 is 2.96 bits per heavy atom. The van der Waals surface area contributed by atoms with E-state index in [-0.39, 0.29) is 5.41 Å². The Labute approximate surface area is 148 Å². The normalized spacial score (nSPS) is 28.2. The molecule has 5 rings (SSSR count). The van der Waals surface area contributed by atoms with Crippen molar-refractivity contribution >= 4 is 11.9 Å². The van der Waals surface area contributed by atoms with Crippen LogP contribution >= 0.6 is 0 Å². The number of rotatable bonds is 5. The van der Waals surface area contributed by atoms with Crippen molar-refractivity contribution in [3.05, 3.63) is 17.5 Å². The van der Waals surface area contributed by atoms with Crippen molar-refractivity contribution in [2.24, 2.45) is 11.8 Å². The van der Waals surface area contributed by atoms with Gasteiger partial charge >= 0.3 is 0 Å². The minimum Gasteiger partial charge on any atom is -0.376 e. The van der Waals surface area contributed by atoms with E-state index in [0.717, 1.165) is 55.6 Å². The molecule has 25 heavy (non-hydrogen) atoms. The highest BCUT2D eigenvalue weighted by Gasteiger charge is 2.46. The van der Waals surface area contributed by atoms with Crippen LogP contribution in [0.1, 0.15) is 49.8 Å². The SMILES string of the molecule is O=C(CC1CC1)N1CCC2(COCc3cnc(NCC4CC4)nc32)C1. The molecule has 134 valence electrons. The van der Waals surface area contributed by atoms with E-state index < -0.39 is 0 Å². The summed E-state index contributed by atoms with van der Waals surface area (Å²) in [5.41, 5.74) is 2.04. The average Bonchev–Trinajstić information content (AvgIpc) is 3.55. The summed E-state index contributed by atoms with van der Waals surface area (Å²) in [6, 6.07) is 0. The van der Waals surface area contributed by atoms with Crippen LogP contribution in [0.25, 0.3) is 0 Å². The molecule has 0 bridgehead atoms. The topological polar surface area (TPSA) is 67.4 Å². The third kappa shape index (κ3) is 3.12. The van der Waals surface area contributed by atoms with Gasteiger partial charge in [0.05, 0.1) is 24.3 Å². The highest BCUT2D eigenvalue weighted by atomic mass is 16.5. The molecular weight excluding hydrogens is 316 g/mol. The number of hydrogen-bond donors (Lipinski definition) is 1. The lowest BCUT2D eigenvalue weighted by Crippen LogP contribution is -2.41. The van der Waals surface area contributed by atoms with Crippen molar-refractivity contribution in [3.63, 3.8) is 0 Å². The number of carbonyl (C=O) groups excluding carboxylic acids is 1. The predicted molar refractivity (Wildman–Crippen MR) is 93.1 cm³/mol. The van der Waals surface area contributed by atoms with Crippen molar-refractivity contribution in [2.75, 3.05) is 31.6 Å². The third-order valence-corrected chi connectivity index (χ3v) is 6.12. The molecule has 1 saturated heterocycles. The standard InChI is InChI=1S/C19H26N4O2/c24-16(7-13-1-2-13)23-6-5-19(11-23)12-25-10-15-9-21-18(22-17(15)19)20-8-14-3-4-14/h9,13-14H,1-8,10-12H2,(H,20,21,22). The molecule has 1 amide bonds. The van der Waals surface area contributed by atoms with Crippen LogP contribution in [0.2, 0.25) is 0 Å². The minimum absolute atomic E-state index is 0.147. The molecule has 1 N–H and O–H groups in total. The smallest absolute Gasteiger partial charge is 0.222 e. The van der Waals surface area contributed by atoms with Gasteiger partial charge in [0.15, 0.2) is 0 Å². The lowest BCUT2D eigenvalue weighted by molar-refractivity contribution is -0.130. The Kier molecular flexibility index (Phi) is 3.69. The maximum atomic E-state index is 12.5. The molecule has 6 nitrogen and oxygen atoms in total. The number of nitrogens with one attached hydrogen (secondary N) is 1. The molecule has 6 heteroatoms. The number of amides is 1. The summed E-state index contributed by atoms with van der Waals surface area (Å²) in [5.74, 6) is 2.47. The zero-order chi connectivity index (χ0) is 16.9. The van der Waals surface area contributed by atoms with Gasteiger partial charge in [-0.05, 0) is 43.9 Å². The summed E-state index contributed by atoms with van der Waals surface area (Å²) in [6.45, 7) is 3.77. The maximum Gasteiger partial charge on any atom is 0.222 e. The van der Waals surface area contributed by atoms with Crippen LogP contribution in [-0.4, -0.2) is 47.0 Å². The summed E-state index contributed by atoms with van der Waals surface area (Å²) in [7, 11) is 0. The van der Waals surface area contributed by atoms with E-state index in [0.29, 0.717) is 25.0 Å². The molecule has 3 fully saturated rings. The second-order valence-electron chi connectivity index (χ2n) is 8.38. The Bertz CT molecular complexity index is 686. The summed E-state index contributed by atoms with van der Waals surface area (Å²) in [5, 5.41) is 3.39. The number of ether oxygens (including phenoxy) is 1. The molecular formula is C19H26N4O2. The highest BCUT2D eigenvalue weighted by molar-refractivity contribution is 5.77. The van der Waals surface area contributed by atoms with Crippen LogP contribution in [0.3, 0.4) is 0 Å². The highest BCUT2D eigenvalue weighted by Crippen LogP contribution is 2.40. The van der Waals surface area contributed by atoms with Crippen molar-refractivity contribution in [3.8, 4) is 0 Å². The molecule has 1 atom stereocenters. The van der Waals surface area contributed by atoms with Gasteiger partial charge in [-0.1, -0.05) is 0 Å². The molecule has 1 unspecified atom stereocenters. The number of aromatic nitrogens is 2. The largest absolute Gasteiger partial charge is 0.376 e. The zero-order valence-electron chi connectivity index (χ0n) is 14.7.